The van der Waals surface area contributed by atoms with Gasteiger partial charge >= 0.3 is 0 Å². The molecule has 1 amide bonds. The molecule has 2 fully saturated rings. The number of aryl methyl sites for hydroxylation is 1. The fourth-order valence-electron chi connectivity index (χ4n) is 4.05. The van der Waals surface area contributed by atoms with Crippen LogP contribution in [0.15, 0.2) is 36.5 Å². The summed E-state index contributed by atoms with van der Waals surface area (Å²) >= 11 is 0. The lowest BCUT2D eigenvalue weighted by molar-refractivity contribution is -0.137. The number of pyridine rings is 1. The van der Waals surface area contributed by atoms with Gasteiger partial charge in [-0.05, 0) is 44.0 Å². The maximum Gasteiger partial charge on any atom is 0.227 e. The molecule has 1 atom stereocenters. The lowest BCUT2D eigenvalue weighted by Gasteiger charge is -2.39. The van der Waals surface area contributed by atoms with Crippen LogP contribution in [0.25, 0.3) is 0 Å². The monoisotopic (exact) mass is 380 g/mol. The SMILES string of the molecule is Cc1ccc(N2CCCC(C(=O)N3CCN(Cc4ccccn4)CC3)C2)nn1. The van der Waals surface area contributed by atoms with Gasteiger partial charge in [0.1, 0.15) is 0 Å². The Hall–Kier alpha value is -2.54. The number of rotatable bonds is 4. The average Bonchev–Trinajstić information content (AvgIpc) is 2.75. The number of aromatic nitrogens is 3. The van der Waals surface area contributed by atoms with Gasteiger partial charge in [-0.3, -0.25) is 14.7 Å². The van der Waals surface area contributed by atoms with Crippen molar-refractivity contribution in [1.29, 1.82) is 0 Å². The van der Waals surface area contributed by atoms with Gasteiger partial charge in [-0.2, -0.15) is 5.10 Å². The van der Waals surface area contributed by atoms with Gasteiger partial charge in [0.2, 0.25) is 5.91 Å². The summed E-state index contributed by atoms with van der Waals surface area (Å²) in [4.78, 5) is 24.1. The zero-order valence-electron chi connectivity index (χ0n) is 16.5. The minimum absolute atomic E-state index is 0.0548. The first-order valence-corrected chi connectivity index (χ1v) is 10.2. The van der Waals surface area contributed by atoms with E-state index in [9.17, 15) is 4.79 Å². The molecule has 148 valence electrons. The molecular formula is C21H28N6O. The number of anilines is 1. The smallest absolute Gasteiger partial charge is 0.227 e. The number of amides is 1. The van der Waals surface area contributed by atoms with E-state index in [4.69, 9.17) is 0 Å². The third-order valence-electron chi connectivity index (χ3n) is 5.67. The van der Waals surface area contributed by atoms with E-state index < -0.39 is 0 Å². The fourth-order valence-corrected chi connectivity index (χ4v) is 4.05. The maximum absolute atomic E-state index is 13.1. The molecule has 0 radical (unpaired) electrons. The van der Waals surface area contributed by atoms with Crippen molar-refractivity contribution in [3.63, 3.8) is 0 Å². The van der Waals surface area contributed by atoms with E-state index >= 15 is 0 Å². The summed E-state index contributed by atoms with van der Waals surface area (Å²) in [5.74, 6) is 1.23. The minimum atomic E-state index is 0.0548. The molecule has 0 spiro atoms. The first kappa shape index (κ1) is 18.8. The quantitative estimate of drug-likeness (QED) is 0.805. The van der Waals surface area contributed by atoms with Crippen LogP contribution < -0.4 is 4.90 Å². The van der Waals surface area contributed by atoms with Crippen molar-refractivity contribution >= 4 is 11.7 Å². The lowest BCUT2D eigenvalue weighted by atomic mass is 9.96. The number of carbonyl (C=O) groups excluding carboxylic acids is 1. The number of hydrogen-bond acceptors (Lipinski definition) is 6. The predicted octanol–water partition coefficient (Wildman–Crippen LogP) is 1.74. The topological polar surface area (TPSA) is 65.5 Å². The molecule has 0 aromatic carbocycles. The normalized spacial score (nSPS) is 21.0. The van der Waals surface area contributed by atoms with Crippen LogP contribution in [-0.4, -0.2) is 70.2 Å². The molecule has 0 aliphatic carbocycles. The molecule has 7 nitrogen and oxygen atoms in total. The number of nitrogens with zero attached hydrogens (tertiary/aromatic N) is 6. The van der Waals surface area contributed by atoms with Gasteiger partial charge in [0.15, 0.2) is 5.82 Å². The molecule has 7 heteroatoms. The Morgan fingerprint density at radius 1 is 1.07 bits per heavy atom. The summed E-state index contributed by atoms with van der Waals surface area (Å²) in [5.41, 5.74) is 2.00. The predicted molar refractivity (Wildman–Crippen MR) is 108 cm³/mol. The summed E-state index contributed by atoms with van der Waals surface area (Å²) in [6.07, 6.45) is 3.82. The zero-order valence-corrected chi connectivity index (χ0v) is 16.5. The highest BCUT2D eigenvalue weighted by atomic mass is 16.2. The van der Waals surface area contributed by atoms with E-state index in [0.29, 0.717) is 5.91 Å². The van der Waals surface area contributed by atoms with Crippen molar-refractivity contribution in [3.8, 4) is 0 Å². The third-order valence-corrected chi connectivity index (χ3v) is 5.67. The highest BCUT2D eigenvalue weighted by Gasteiger charge is 2.31. The Morgan fingerprint density at radius 3 is 2.64 bits per heavy atom. The van der Waals surface area contributed by atoms with Gasteiger partial charge in [0, 0.05) is 52.0 Å². The Bertz CT molecular complexity index is 773. The van der Waals surface area contributed by atoms with Crippen molar-refractivity contribution in [2.75, 3.05) is 44.2 Å². The molecule has 4 rings (SSSR count). The zero-order chi connectivity index (χ0) is 19.3. The van der Waals surface area contributed by atoms with Gasteiger partial charge in [0.05, 0.1) is 17.3 Å². The molecule has 0 N–H and O–H groups in total. The molecule has 28 heavy (non-hydrogen) atoms. The molecule has 2 aromatic rings. The van der Waals surface area contributed by atoms with E-state index in [2.05, 4.69) is 31.0 Å². The molecule has 2 saturated heterocycles. The van der Waals surface area contributed by atoms with E-state index in [0.717, 1.165) is 75.9 Å². The number of piperazine rings is 1. The maximum atomic E-state index is 13.1. The van der Waals surface area contributed by atoms with Crippen LogP contribution in [0.5, 0.6) is 0 Å². The second-order valence-electron chi connectivity index (χ2n) is 7.74. The highest BCUT2D eigenvalue weighted by molar-refractivity contribution is 5.80. The van der Waals surface area contributed by atoms with Gasteiger partial charge in [-0.15, -0.1) is 5.10 Å². The van der Waals surface area contributed by atoms with E-state index in [1.54, 1.807) is 0 Å². The van der Waals surface area contributed by atoms with Crippen LogP contribution in [0.1, 0.15) is 24.2 Å². The average molecular weight is 380 g/mol. The second-order valence-corrected chi connectivity index (χ2v) is 7.74. The molecule has 2 aliphatic heterocycles. The molecule has 0 bridgehead atoms. The van der Waals surface area contributed by atoms with E-state index in [-0.39, 0.29) is 5.92 Å². The van der Waals surface area contributed by atoms with Gasteiger partial charge in [0.25, 0.3) is 0 Å². The molecule has 2 aliphatic rings. The fraction of sp³-hybridized carbons (Fsp3) is 0.524. The van der Waals surface area contributed by atoms with Crippen molar-refractivity contribution in [2.24, 2.45) is 5.92 Å². The van der Waals surface area contributed by atoms with Crippen LogP contribution in [0, 0.1) is 12.8 Å². The Morgan fingerprint density at radius 2 is 1.93 bits per heavy atom. The third kappa shape index (κ3) is 4.47. The second kappa shape index (κ2) is 8.65. The Labute approximate surface area is 166 Å². The first-order valence-electron chi connectivity index (χ1n) is 10.2. The van der Waals surface area contributed by atoms with Crippen LogP contribution in [0.4, 0.5) is 5.82 Å². The van der Waals surface area contributed by atoms with Gasteiger partial charge in [-0.25, -0.2) is 0 Å². The molecule has 1 unspecified atom stereocenters. The summed E-state index contributed by atoms with van der Waals surface area (Å²) < 4.78 is 0. The van der Waals surface area contributed by atoms with Crippen LogP contribution in [-0.2, 0) is 11.3 Å². The van der Waals surface area contributed by atoms with Crippen molar-refractivity contribution < 1.29 is 4.79 Å². The van der Waals surface area contributed by atoms with Gasteiger partial charge < -0.3 is 9.80 Å². The lowest BCUT2D eigenvalue weighted by Crippen LogP contribution is -2.52. The molecule has 0 saturated carbocycles. The Balaban J connectivity index is 1.30. The van der Waals surface area contributed by atoms with Crippen molar-refractivity contribution in [1.82, 2.24) is 25.0 Å². The standard InChI is InChI=1S/C21H28N6O/c1-17-7-8-20(24-23-17)27-10-4-5-18(15-27)21(28)26-13-11-25(12-14-26)16-19-6-2-3-9-22-19/h2-3,6-9,18H,4-5,10-16H2,1H3. The summed E-state index contributed by atoms with van der Waals surface area (Å²) in [6, 6.07) is 10.0. The van der Waals surface area contributed by atoms with Crippen molar-refractivity contribution in [3.05, 3.63) is 47.9 Å². The van der Waals surface area contributed by atoms with Crippen LogP contribution >= 0.6 is 0 Å². The van der Waals surface area contributed by atoms with Crippen LogP contribution in [0.2, 0.25) is 0 Å². The minimum Gasteiger partial charge on any atom is -0.354 e. The Kier molecular flexibility index (Phi) is 5.81. The largest absolute Gasteiger partial charge is 0.354 e. The summed E-state index contributed by atoms with van der Waals surface area (Å²) in [6.45, 7) is 7.88. The van der Waals surface area contributed by atoms with Crippen LogP contribution in [0.3, 0.4) is 0 Å². The number of carbonyl (C=O) groups is 1. The number of piperidine rings is 1. The van der Waals surface area contributed by atoms with Crippen molar-refractivity contribution in [2.45, 2.75) is 26.3 Å². The molecule has 4 heterocycles. The summed E-state index contributed by atoms with van der Waals surface area (Å²) in [7, 11) is 0. The first-order chi connectivity index (χ1) is 13.7. The van der Waals surface area contributed by atoms with Gasteiger partial charge in [-0.1, -0.05) is 6.07 Å². The summed E-state index contributed by atoms with van der Waals surface area (Å²) in [5, 5.41) is 8.46. The van der Waals surface area contributed by atoms with E-state index in [1.165, 1.54) is 0 Å². The molecule has 2 aromatic heterocycles. The van der Waals surface area contributed by atoms with E-state index in [1.807, 2.05) is 42.3 Å². The molecular weight excluding hydrogens is 352 g/mol. The number of hydrogen-bond donors (Lipinski definition) is 0. The highest BCUT2D eigenvalue weighted by Crippen LogP contribution is 2.23.